The lowest BCUT2D eigenvalue weighted by molar-refractivity contribution is -0.192. The molecule has 2 aliphatic heterocycles. The third-order valence-electron chi connectivity index (χ3n) is 4.78. The van der Waals surface area contributed by atoms with Gasteiger partial charge in [0.05, 0.1) is 13.2 Å². The molecule has 2 fully saturated rings. The Labute approximate surface area is 157 Å². The number of carbonyl (C=O) groups is 1. The van der Waals surface area contributed by atoms with Crippen LogP contribution >= 0.6 is 0 Å². The van der Waals surface area contributed by atoms with E-state index in [0.29, 0.717) is 13.2 Å². The van der Waals surface area contributed by atoms with E-state index in [2.05, 4.69) is 0 Å². The Balaban J connectivity index is 1.41. The maximum absolute atomic E-state index is 12.3. The molecule has 0 saturated carbocycles. The van der Waals surface area contributed by atoms with Crippen LogP contribution in [0.4, 0.5) is 0 Å². The molecule has 2 heterocycles. The molecule has 27 heavy (non-hydrogen) atoms. The van der Waals surface area contributed by atoms with Gasteiger partial charge in [0.25, 0.3) is 0 Å². The van der Waals surface area contributed by atoms with Gasteiger partial charge >= 0.3 is 5.97 Å². The molecule has 2 aliphatic rings. The predicted octanol–water partition coefficient (Wildman–Crippen LogP) is 2.45. The third-order valence-corrected chi connectivity index (χ3v) is 4.78. The lowest BCUT2D eigenvalue weighted by Crippen LogP contribution is -2.36. The summed E-state index contributed by atoms with van der Waals surface area (Å²) in [6.45, 7) is 0.686. The highest BCUT2D eigenvalue weighted by Gasteiger charge is 2.58. The summed E-state index contributed by atoms with van der Waals surface area (Å²) in [5.41, 5.74) is 2.00. The van der Waals surface area contributed by atoms with Crippen LogP contribution in [0.1, 0.15) is 11.1 Å². The van der Waals surface area contributed by atoms with Crippen LogP contribution in [0.25, 0.3) is 0 Å². The van der Waals surface area contributed by atoms with E-state index in [1.54, 1.807) is 7.11 Å². The smallest absolute Gasteiger partial charge is 0.338 e. The van der Waals surface area contributed by atoms with Gasteiger partial charge in [-0.05, 0) is 11.1 Å². The predicted molar refractivity (Wildman–Crippen MR) is 95.6 cm³/mol. The van der Waals surface area contributed by atoms with E-state index >= 15 is 0 Å². The Kier molecular flexibility index (Phi) is 5.50. The maximum atomic E-state index is 12.3. The van der Waals surface area contributed by atoms with Crippen molar-refractivity contribution in [1.29, 1.82) is 0 Å². The molecule has 0 spiro atoms. The third kappa shape index (κ3) is 3.89. The van der Waals surface area contributed by atoms with E-state index in [-0.39, 0.29) is 0 Å². The zero-order valence-corrected chi connectivity index (χ0v) is 15.0. The number of hydrogen-bond acceptors (Lipinski definition) is 6. The Morgan fingerprint density at radius 3 is 2.04 bits per heavy atom. The number of hydrogen-bond donors (Lipinski definition) is 0. The van der Waals surface area contributed by atoms with Crippen molar-refractivity contribution in [2.45, 2.75) is 43.9 Å². The van der Waals surface area contributed by atoms with Crippen molar-refractivity contribution in [2.75, 3.05) is 7.11 Å². The van der Waals surface area contributed by atoms with Crippen LogP contribution in [-0.4, -0.2) is 43.8 Å². The molecule has 0 amide bonds. The van der Waals surface area contributed by atoms with Gasteiger partial charge in [0.15, 0.2) is 18.5 Å². The molecule has 1 unspecified atom stereocenters. The van der Waals surface area contributed by atoms with E-state index in [1.807, 2.05) is 60.7 Å². The van der Waals surface area contributed by atoms with Gasteiger partial charge in [-0.25, -0.2) is 4.79 Å². The van der Waals surface area contributed by atoms with Gasteiger partial charge < -0.3 is 23.7 Å². The lowest BCUT2D eigenvalue weighted by Gasteiger charge is -2.21. The summed E-state index contributed by atoms with van der Waals surface area (Å²) in [6.07, 6.45) is -3.01. The minimum absolute atomic E-state index is 0.306. The number of esters is 1. The van der Waals surface area contributed by atoms with Gasteiger partial charge in [0.2, 0.25) is 0 Å². The molecule has 6 heteroatoms. The summed E-state index contributed by atoms with van der Waals surface area (Å²) < 4.78 is 28.6. The number of ether oxygens (including phenoxy) is 5. The first-order valence-electron chi connectivity index (χ1n) is 8.96. The Bertz CT molecular complexity index is 750. The van der Waals surface area contributed by atoms with Crippen LogP contribution in [0.3, 0.4) is 0 Å². The molecule has 0 aliphatic carbocycles. The van der Waals surface area contributed by atoms with Crippen LogP contribution in [-0.2, 0) is 41.7 Å². The average molecular weight is 370 g/mol. The molecule has 0 bridgehead atoms. The monoisotopic (exact) mass is 370 g/mol. The van der Waals surface area contributed by atoms with Gasteiger partial charge in [-0.2, -0.15) is 0 Å². The quantitative estimate of drug-likeness (QED) is 0.698. The van der Waals surface area contributed by atoms with Gasteiger partial charge in [-0.1, -0.05) is 60.7 Å². The first-order chi connectivity index (χ1) is 13.3. The largest absolute Gasteiger partial charge is 0.454 e. The summed E-state index contributed by atoms with van der Waals surface area (Å²) in [5.74, 6) is -0.427. The average Bonchev–Trinajstić information content (AvgIpc) is 3.20. The molecule has 2 aromatic carbocycles. The van der Waals surface area contributed by atoms with E-state index in [9.17, 15) is 4.79 Å². The highest BCUT2D eigenvalue weighted by Crippen LogP contribution is 2.36. The standard InChI is InChI=1S/C21H22O6/c1-23-21-19(25-13-15-10-6-3-7-11-15)17-16(27-21)18(20(22)26-17)24-12-14-8-4-2-5-9-14/h2-11,16-19,21H,12-13H2,1H3/t16-,17-,18-,19-,21?/m1/s1. The molecule has 0 aromatic heterocycles. The minimum atomic E-state index is -0.793. The van der Waals surface area contributed by atoms with Crippen LogP contribution in [0, 0.1) is 0 Å². The van der Waals surface area contributed by atoms with Crippen LogP contribution in [0.5, 0.6) is 0 Å². The van der Waals surface area contributed by atoms with Crippen molar-refractivity contribution < 1.29 is 28.5 Å². The second-order valence-corrected chi connectivity index (χ2v) is 6.58. The highest BCUT2D eigenvalue weighted by atomic mass is 16.7. The Morgan fingerprint density at radius 1 is 0.852 bits per heavy atom. The van der Waals surface area contributed by atoms with E-state index in [1.165, 1.54) is 0 Å². The molecule has 4 rings (SSSR count). The normalized spacial score (nSPS) is 29.5. The molecular weight excluding hydrogens is 348 g/mol. The molecule has 2 saturated heterocycles. The number of methoxy groups -OCH3 is 1. The number of carbonyl (C=O) groups excluding carboxylic acids is 1. The molecule has 142 valence electrons. The van der Waals surface area contributed by atoms with Gasteiger partial charge in [-0.3, -0.25) is 0 Å². The fraction of sp³-hybridized carbons (Fsp3) is 0.381. The highest BCUT2D eigenvalue weighted by molar-refractivity contribution is 5.78. The fourth-order valence-corrected chi connectivity index (χ4v) is 3.42. The molecule has 2 aromatic rings. The van der Waals surface area contributed by atoms with Crippen LogP contribution in [0.15, 0.2) is 60.7 Å². The zero-order chi connectivity index (χ0) is 18.6. The number of benzene rings is 2. The SMILES string of the molecule is COC1O[C@@H]2[C@@H](OC(=O)[C@@H]2OCc2ccccc2)[C@H]1OCc1ccccc1. The minimum Gasteiger partial charge on any atom is -0.454 e. The van der Waals surface area contributed by atoms with Crippen LogP contribution in [0.2, 0.25) is 0 Å². The Morgan fingerprint density at radius 2 is 1.44 bits per heavy atom. The topological polar surface area (TPSA) is 63.2 Å². The van der Waals surface area contributed by atoms with Crippen molar-refractivity contribution >= 4 is 5.97 Å². The van der Waals surface area contributed by atoms with Crippen molar-refractivity contribution in [3.05, 3.63) is 71.8 Å². The fourth-order valence-electron chi connectivity index (χ4n) is 3.42. The van der Waals surface area contributed by atoms with Crippen molar-refractivity contribution in [2.24, 2.45) is 0 Å². The van der Waals surface area contributed by atoms with Crippen molar-refractivity contribution in [1.82, 2.24) is 0 Å². The summed E-state index contributed by atoms with van der Waals surface area (Å²) in [7, 11) is 1.55. The summed E-state index contributed by atoms with van der Waals surface area (Å²) in [6, 6.07) is 19.5. The lowest BCUT2D eigenvalue weighted by atomic mass is 10.1. The number of rotatable bonds is 7. The van der Waals surface area contributed by atoms with Crippen molar-refractivity contribution in [3.63, 3.8) is 0 Å². The van der Waals surface area contributed by atoms with E-state index < -0.39 is 36.7 Å². The van der Waals surface area contributed by atoms with E-state index in [0.717, 1.165) is 11.1 Å². The molecule has 0 N–H and O–H groups in total. The first-order valence-corrected chi connectivity index (χ1v) is 8.96. The molecular formula is C21H22O6. The molecule has 5 atom stereocenters. The van der Waals surface area contributed by atoms with Crippen molar-refractivity contribution in [3.8, 4) is 0 Å². The second kappa shape index (κ2) is 8.19. The van der Waals surface area contributed by atoms with E-state index in [4.69, 9.17) is 23.7 Å². The summed E-state index contributed by atoms with van der Waals surface area (Å²) in [4.78, 5) is 12.3. The Hall–Kier alpha value is -2.25. The second-order valence-electron chi connectivity index (χ2n) is 6.58. The first kappa shape index (κ1) is 18.1. The van der Waals surface area contributed by atoms with Crippen LogP contribution < -0.4 is 0 Å². The number of fused-ring (bicyclic) bond motifs is 1. The summed E-state index contributed by atoms with van der Waals surface area (Å²) in [5, 5.41) is 0. The maximum Gasteiger partial charge on any atom is 0.338 e. The zero-order valence-electron chi connectivity index (χ0n) is 15.0. The molecule has 6 nitrogen and oxygen atoms in total. The summed E-state index contributed by atoms with van der Waals surface area (Å²) >= 11 is 0. The van der Waals surface area contributed by atoms with Gasteiger partial charge in [0, 0.05) is 7.11 Å². The molecule has 0 radical (unpaired) electrons. The van der Waals surface area contributed by atoms with Gasteiger partial charge in [-0.15, -0.1) is 0 Å². The van der Waals surface area contributed by atoms with Gasteiger partial charge in [0.1, 0.15) is 12.2 Å².